The first-order valence-electron chi connectivity index (χ1n) is 11.6. The van der Waals surface area contributed by atoms with Crippen LogP contribution >= 0.6 is 23.2 Å². The Morgan fingerprint density at radius 1 is 1.03 bits per heavy atom. The minimum atomic E-state index is -0.937. The van der Waals surface area contributed by atoms with Crippen LogP contribution in [0.1, 0.15) is 41.9 Å². The number of hydrogen-bond donors (Lipinski definition) is 2. The first kappa shape index (κ1) is 24.3. The molecule has 2 aliphatic rings. The minimum Gasteiger partial charge on any atom is -0.507 e. The number of Topliss-reactive ketones (excluding diaryl/α,β-unsaturated/α-hetero) is 1. The molecule has 0 bridgehead atoms. The number of carbonyl (C=O) groups excluding carboxylic acids is 1. The molecule has 1 aliphatic heterocycles. The Hall–Kier alpha value is -3.41. The van der Waals surface area contributed by atoms with Crippen LogP contribution < -0.4 is 4.90 Å². The van der Waals surface area contributed by atoms with E-state index in [-0.39, 0.29) is 28.5 Å². The van der Waals surface area contributed by atoms with Gasteiger partial charge in [-0.1, -0.05) is 47.5 Å². The molecule has 3 aromatic rings. The molecule has 0 fully saturated rings. The van der Waals surface area contributed by atoms with Gasteiger partial charge in [0.25, 0.3) is 0 Å². The van der Waals surface area contributed by atoms with Crippen molar-refractivity contribution in [3.63, 3.8) is 0 Å². The first-order chi connectivity index (χ1) is 17.3. The van der Waals surface area contributed by atoms with Crippen LogP contribution in [0, 0.1) is 18.2 Å². The van der Waals surface area contributed by atoms with Gasteiger partial charge in [-0.3, -0.25) is 15.1 Å². The Balaban J connectivity index is 1.87. The highest BCUT2D eigenvalue weighted by molar-refractivity contribution is 6.32. The molecule has 1 atom stereocenters. The second-order valence-corrected chi connectivity index (χ2v) is 9.77. The zero-order chi connectivity index (χ0) is 25.6. The third-order valence-electron chi connectivity index (χ3n) is 6.82. The number of benzene rings is 3. The first-order valence-corrected chi connectivity index (χ1v) is 12.4. The smallest absolute Gasteiger partial charge is 0.161 e. The number of halogens is 3. The predicted molar refractivity (Wildman–Crippen MR) is 142 cm³/mol. The standard InChI is InChI=1S/C29H23Cl2FN2O2/c1-16-20(31)7-4-9-22(16)34-23-10-5-11-24(35)26(23)25(19-6-2-3-8-21(19)32)27(29(34)33)28(36)17-12-14-18(30)15-13-17/h2-4,6-9,12-15,25,33,36H,5,10-11H2,1H3/b28-27+,33-29?. The van der Waals surface area contributed by atoms with Crippen LogP contribution in [-0.2, 0) is 4.79 Å². The van der Waals surface area contributed by atoms with Crippen LogP contribution in [0.5, 0.6) is 0 Å². The Morgan fingerprint density at radius 2 is 1.75 bits per heavy atom. The van der Waals surface area contributed by atoms with E-state index in [4.69, 9.17) is 23.2 Å². The summed E-state index contributed by atoms with van der Waals surface area (Å²) in [6, 6.07) is 18.1. The molecular weight excluding hydrogens is 498 g/mol. The number of ketones is 1. The van der Waals surface area contributed by atoms with E-state index in [1.54, 1.807) is 59.5 Å². The largest absolute Gasteiger partial charge is 0.507 e. The molecule has 182 valence electrons. The molecule has 1 heterocycles. The van der Waals surface area contributed by atoms with Gasteiger partial charge in [0, 0.05) is 50.4 Å². The number of rotatable bonds is 3. The highest BCUT2D eigenvalue weighted by Gasteiger charge is 2.44. The Bertz CT molecular complexity index is 1460. The summed E-state index contributed by atoms with van der Waals surface area (Å²) in [5, 5.41) is 21.9. The molecule has 2 N–H and O–H groups in total. The monoisotopic (exact) mass is 520 g/mol. The molecule has 36 heavy (non-hydrogen) atoms. The number of aliphatic hydroxyl groups excluding tert-OH is 1. The zero-order valence-electron chi connectivity index (χ0n) is 19.5. The van der Waals surface area contributed by atoms with E-state index in [1.807, 2.05) is 13.0 Å². The third kappa shape index (κ3) is 4.02. The van der Waals surface area contributed by atoms with Crippen molar-refractivity contribution in [2.45, 2.75) is 32.1 Å². The summed E-state index contributed by atoms with van der Waals surface area (Å²) in [6.45, 7) is 1.85. The van der Waals surface area contributed by atoms with Gasteiger partial charge >= 0.3 is 0 Å². The van der Waals surface area contributed by atoms with Gasteiger partial charge in [0.1, 0.15) is 17.4 Å². The number of hydrogen-bond acceptors (Lipinski definition) is 3. The Labute approximate surface area is 218 Å². The maximum Gasteiger partial charge on any atom is 0.161 e. The van der Waals surface area contributed by atoms with Gasteiger partial charge in [0.05, 0.1) is 5.69 Å². The molecule has 7 heteroatoms. The summed E-state index contributed by atoms with van der Waals surface area (Å²) in [7, 11) is 0. The maximum atomic E-state index is 15.3. The van der Waals surface area contributed by atoms with Crippen LogP contribution in [-0.4, -0.2) is 16.7 Å². The highest BCUT2D eigenvalue weighted by atomic mass is 35.5. The van der Waals surface area contributed by atoms with Crippen molar-refractivity contribution in [1.29, 1.82) is 5.41 Å². The molecule has 0 saturated carbocycles. The number of nitrogens with zero attached hydrogens (tertiary/aromatic N) is 1. The van der Waals surface area contributed by atoms with Crippen molar-refractivity contribution in [1.82, 2.24) is 0 Å². The van der Waals surface area contributed by atoms with Crippen LogP contribution in [0.2, 0.25) is 10.0 Å². The second kappa shape index (κ2) is 9.57. The van der Waals surface area contributed by atoms with Gasteiger partial charge in [-0.15, -0.1) is 0 Å². The Kier molecular flexibility index (Phi) is 6.45. The lowest BCUT2D eigenvalue weighted by atomic mass is 9.73. The van der Waals surface area contributed by atoms with Crippen molar-refractivity contribution >= 4 is 46.3 Å². The van der Waals surface area contributed by atoms with E-state index in [9.17, 15) is 15.3 Å². The summed E-state index contributed by atoms with van der Waals surface area (Å²) >= 11 is 12.5. The quantitative estimate of drug-likeness (QED) is 0.343. The fourth-order valence-electron chi connectivity index (χ4n) is 5.08. The number of aliphatic hydroxyl groups is 1. The summed E-state index contributed by atoms with van der Waals surface area (Å²) in [5.74, 6) is -1.81. The topological polar surface area (TPSA) is 64.4 Å². The van der Waals surface area contributed by atoms with Gasteiger partial charge in [0.15, 0.2) is 5.78 Å². The molecule has 0 spiro atoms. The molecule has 0 saturated heterocycles. The van der Waals surface area contributed by atoms with Gasteiger partial charge < -0.3 is 5.11 Å². The molecule has 0 aromatic heterocycles. The predicted octanol–water partition coefficient (Wildman–Crippen LogP) is 8.00. The number of amidine groups is 1. The van der Waals surface area contributed by atoms with Crippen molar-refractivity contribution in [2.24, 2.45) is 0 Å². The number of nitrogens with one attached hydrogen (secondary N) is 1. The van der Waals surface area contributed by atoms with E-state index in [2.05, 4.69) is 0 Å². The summed E-state index contributed by atoms with van der Waals surface area (Å²) in [4.78, 5) is 15.2. The average molecular weight is 521 g/mol. The second-order valence-electron chi connectivity index (χ2n) is 8.93. The van der Waals surface area contributed by atoms with Gasteiger partial charge in [0.2, 0.25) is 0 Å². The molecule has 5 rings (SSSR count). The van der Waals surface area contributed by atoms with E-state index >= 15 is 4.39 Å². The molecule has 1 unspecified atom stereocenters. The lowest BCUT2D eigenvalue weighted by Gasteiger charge is -2.42. The van der Waals surface area contributed by atoms with Crippen LogP contribution in [0.25, 0.3) is 5.76 Å². The fourth-order valence-corrected chi connectivity index (χ4v) is 5.38. The number of anilines is 1. The fraction of sp³-hybridized carbons (Fsp3) is 0.172. The van der Waals surface area contributed by atoms with Crippen molar-refractivity contribution in [2.75, 3.05) is 4.90 Å². The lowest BCUT2D eigenvalue weighted by molar-refractivity contribution is -0.116. The van der Waals surface area contributed by atoms with E-state index in [0.29, 0.717) is 51.8 Å². The van der Waals surface area contributed by atoms with E-state index < -0.39 is 11.7 Å². The summed E-state index contributed by atoms with van der Waals surface area (Å²) < 4.78 is 15.3. The molecular formula is C29H23Cl2FN2O2. The van der Waals surface area contributed by atoms with E-state index in [0.717, 1.165) is 5.56 Å². The molecule has 0 amide bonds. The van der Waals surface area contributed by atoms with Crippen molar-refractivity contribution < 1.29 is 14.3 Å². The number of carbonyl (C=O) groups is 1. The van der Waals surface area contributed by atoms with E-state index in [1.165, 1.54) is 6.07 Å². The number of allylic oxidation sites excluding steroid dienone is 2. The van der Waals surface area contributed by atoms with Crippen LogP contribution in [0.3, 0.4) is 0 Å². The normalized spacial score (nSPS) is 19.4. The van der Waals surface area contributed by atoms with Crippen LogP contribution in [0.4, 0.5) is 10.1 Å². The molecule has 1 aliphatic carbocycles. The van der Waals surface area contributed by atoms with Crippen LogP contribution in [0.15, 0.2) is 83.6 Å². The highest BCUT2D eigenvalue weighted by Crippen LogP contribution is 2.49. The average Bonchev–Trinajstić information content (AvgIpc) is 2.86. The van der Waals surface area contributed by atoms with Gasteiger partial charge in [-0.2, -0.15) is 0 Å². The van der Waals surface area contributed by atoms with Gasteiger partial charge in [-0.25, -0.2) is 4.39 Å². The SMILES string of the molecule is Cc1c(Cl)cccc1N1C(=N)/C(=C(/O)c2ccc(Cl)cc2)C(c2ccccc2F)C2=C1CCCC2=O. The Morgan fingerprint density at radius 3 is 2.47 bits per heavy atom. The molecule has 3 aromatic carbocycles. The summed E-state index contributed by atoms with van der Waals surface area (Å²) in [6.07, 6.45) is 1.47. The third-order valence-corrected chi connectivity index (χ3v) is 7.49. The van der Waals surface area contributed by atoms with Crippen molar-refractivity contribution in [3.8, 4) is 0 Å². The zero-order valence-corrected chi connectivity index (χ0v) is 21.0. The lowest BCUT2D eigenvalue weighted by Crippen LogP contribution is -2.43. The van der Waals surface area contributed by atoms with Gasteiger partial charge in [-0.05, 0) is 67.8 Å². The molecule has 0 radical (unpaired) electrons. The minimum absolute atomic E-state index is 0.0329. The van der Waals surface area contributed by atoms with Crippen molar-refractivity contribution in [3.05, 3.63) is 116 Å². The molecule has 4 nitrogen and oxygen atoms in total. The maximum absolute atomic E-state index is 15.3. The summed E-state index contributed by atoms with van der Waals surface area (Å²) in [5.41, 5.74) is 3.22.